The van der Waals surface area contributed by atoms with Crippen LogP contribution in [-0.2, 0) is 0 Å². The standard InChI is InChI=1S/C9H10N4.C3H8.C2H6/c1-7-2-4-8(5-3-7)11-9-6-10-13-12-9;1-3-2;1-2/h2-6H,1H3,(H2,10,11,12,13);3H2,1-2H3;1-2H3. The Balaban J connectivity index is 0.000000509. The summed E-state index contributed by atoms with van der Waals surface area (Å²) in [5, 5.41) is 13.2. The first-order valence-electron chi connectivity index (χ1n) is 6.45. The maximum absolute atomic E-state index is 3.89. The monoisotopic (exact) mass is 248 g/mol. The molecule has 4 heteroatoms. The first-order valence-corrected chi connectivity index (χ1v) is 6.45. The van der Waals surface area contributed by atoms with Crippen LogP contribution in [0.4, 0.5) is 11.5 Å². The van der Waals surface area contributed by atoms with Gasteiger partial charge in [-0.25, -0.2) is 0 Å². The molecule has 0 saturated carbocycles. The molecule has 0 saturated heterocycles. The van der Waals surface area contributed by atoms with Gasteiger partial charge in [0.05, 0.1) is 6.20 Å². The van der Waals surface area contributed by atoms with E-state index in [4.69, 9.17) is 0 Å². The van der Waals surface area contributed by atoms with Crippen molar-refractivity contribution in [3.05, 3.63) is 36.0 Å². The van der Waals surface area contributed by atoms with Crippen LogP contribution >= 0.6 is 0 Å². The number of aromatic amines is 1. The second kappa shape index (κ2) is 10.3. The van der Waals surface area contributed by atoms with Crippen LogP contribution in [0.3, 0.4) is 0 Å². The van der Waals surface area contributed by atoms with Gasteiger partial charge in [-0.15, -0.1) is 5.10 Å². The van der Waals surface area contributed by atoms with E-state index in [2.05, 4.69) is 41.5 Å². The van der Waals surface area contributed by atoms with Crippen molar-refractivity contribution >= 4 is 11.5 Å². The number of rotatable bonds is 2. The van der Waals surface area contributed by atoms with Crippen LogP contribution in [0.15, 0.2) is 30.5 Å². The number of hydrogen-bond acceptors (Lipinski definition) is 3. The van der Waals surface area contributed by atoms with Crippen LogP contribution < -0.4 is 5.32 Å². The van der Waals surface area contributed by atoms with Gasteiger partial charge in [0, 0.05) is 5.69 Å². The van der Waals surface area contributed by atoms with Gasteiger partial charge in [0.1, 0.15) is 0 Å². The Morgan fingerprint density at radius 3 is 2.11 bits per heavy atom. The fourth-order valence-electron chi connectivity index (χ4n) is 1.05. The van der Waals surface area contributed by atoms with Crippen LogP contribution in [0.1, 0.15) is 39.7 Å². The molecule has 1 heterocycles. The zero-order valence-electron chi connectivity index (χ0n) is 12.0. The van der Waals surface area contributed by atoms with E-state index in [9.17, 15) is 0 Å². The van der Waals surface area contributed by atoms with Gasteiger partial charge in [0.2, 0.25) is 0 Å². The normalized spacial score (nSPS) is 8.50. The summed E-state index contributed by atoms with van der Waals surface area (Å²) in [4.78, 5) is 0. The van der Waals surface area contributed by atoms with Gasteiger partial charge in [-0.2, -0.15) is 10.3 Å². The van der Waals surface area contributed by atoms with Gasteiger partial charge in [0.15, 0.2) is 5.82 Å². The summed E-state index contributed by atoms with van der Waals surface area (Å²) in [5.41, 5.74) is 2.25. The molecule has 2 rings (SSSR count). The minimum absolute atomic E-state index is 0.726. The average Bonchev–Trinajstić information content (AvgIpc) is 2.89. The molecular formula is C14H24N4. The van der Waals surface area contributed by atoms with E-state index in [-0.39, 0.29) is 0 Å². The first-order chi connectivity index (χ1) is 8.76. The highest BCUT2D eigenvalue weighted by atomic mass is 15.3. The number of nitrogens with one attached hydrogen (secondary N) is 2. The summed E-state index contributed by atoms with van der Waals surface area (Å²) in [5.74, 6) is 0.726. The molecule has 0 aliphatic rings. The SMILES string of the molecule is CC.CCC.Cc1ccc(Nc2cn[nH]n2)cc1. The fourth-order valence-corrected chi connectivity index (χ4v) is 1.05. The molecule has 0 bridgehead atoms. The Kier molecular flexibility index (Phi) is 9.27. The zero-order valence-corrected chi connectivity index (χ0v) is 12.0. The first kappa shape index (κ1) is 16.2. The predicted octanol–water partition coefficient (Wildman–Crippen LogP) is 4.30. The molecule has 0 spiro atoms. The van der Waals surface area contributed by atoms with Crippen LogP contribution in [0.2, 0.25) is 0 Å². The second-order valence-corrected chi connectivity index (χ2v) is 3.55. The second-order valence-electron chi connectivity index (χ2n) is 3.55. The molecule has 0 radical (unpaired) electrons. The van der Waals surface area contributed by atoms with Gasteiger partial charge in [-0.05, 0) is 19.1 Å². The minimum atomic E-state index is 0.726. The van der Waals surface area contributed by atoms with Gasteiger partial charge >= 0.3 is 0 Å². The van der Waals surface area contributed by atoms with Crippen molar-refractivity contribution in [2.24, 2.45) is 0 Å². The maximum atomic E-state index is 3.89. The van der Waals surface area contributed by atoms with Crippen LogP contribution in [-0.4, -0.2) is 15.4 Å². The number of nitrogens with zero attached hydrogens (tertiary/aromatic N) is 2. The molecule has 0 aliphatic heterocycles. The molecule has 0 unspecified atom stereocenters. The van der Waals surface area contributed by atoms with E-state index in [1.807, 2.05) is 38.1 Å². The zero-order chi connectivity index (χ0) is 13.8. The lowest BCUT2D eigenvalue weighted by Gasteiger charge is -2.01. The van der Waals surface area contributed by atoms with E-state index in [0.29, 0.717) is 0 Å². The summed E-state index contributed by atoms with van der Waals surface area (Å²) in [7, 11) is 0. The van der Waals surface area contributed by atoms with E-state index in [1.165, 1.54) is 12.0 Å². The molecule has 4 nitrogen and oxygen atoms in total. The Labute approximate surface area is 110 Å². The third-order valence-electron chi connectivity index (χ3n) is 1.74. The highest BCUT2D eigenvalue weighted by Crippen LogP contribution is 2.13. The quantitative estimate of drug-likeness (QED) is 0.833. The lowest BCUT2D eigenvalue weighted by molar-refractivity contribution is 0.942. The number of anilines is 2. The highest BCUT2D eigenvalue weighted by Gasteiger charge is 1.95. The number of aryl methyl sites for hydroxylation is 1. The summed E-state index contributed by atoms with van der Waals surface area (Å²) in [6.07, 6.45) is 2.89. The molecule has 18 heavy (non-hydrogen) atoms. The molecule has 0 aliphatic carbocycles. The molecule has 100 valence electrons. The Bertz CT molecular complexity index is 379. The average molecular weight is 248 g/mol. The van der Waals surface area contributed by atoms with E-state index in [0.717, 1.165) is 11.5 Å². The third-order valence-corrected chi connectivity index (χ3v) is 1.74. The fraction of sp³-hybridized carbons (Fsp3) is 0.429. The van der Waals surface area contributed by atoms with Crippen LogP contribution in [0.25, 0.3) is 0 Å². The minimum Gasteiger partial charge on any atom is -0.337 e. The number of hydrogen-bond donors (Lipinski definition) is 2. The van der Waals surface area contributed by atoms with Gasteiger partial charge in [0.25, 0.3) is 0 Å². The smallest absolute Gasteiger partial charge is 0.172 e. The van der Waals surface area contributed by atoms with Crippen molar-refractivity contribution in [3.63, 3.8) is 0 Å². The molecule has 0 atom stereocenters. The Morgan fingerprint density at radius 2 is 1.67 bits per heavy atom. The van der Waals surface area contributed by atoms with Gasteiger partial charge in [-0.1, -0.05) is 51.8 Å². The van der Waals surface area contributed by atoms with Gasteiger partial charge < -0.3 is 5.32 Å². The van der Waals surface area contributed by atoms with Crippen LogP contribution in [0, 0.1) is 6.92 Å². The Hall–Kier alpha value is -1.84. The highest BCUT2D eigenvalue weighted by molar-refractivity contribution is 5.54. The van der Waals surface area contributed by atoms with Crippen molar-refractivity contribution < 1.29 is 0 Å². The van der Waals surface area contributed by atoms with Crippen molar-refractivity contribution in [1.82, 2.24) is 15.4 Å². The van der Waals surface area contributed by atoms with Crippen molar-refractivity contribution in [3.8, 4) is 0 Å². The lowest BCUT2D eigenvalue weighted by atomic mass is 10.2. The van der Waals surface area contributed by atoms with Gasteiger partial charge in [-0.3, -0.25) is 0 Å². The van der Waals surface area contributed by atoms with Crippen LogP contribution in [0.5, 0.6) is 0 Å². The molecular weight excluding hydrogens is 224 g/mol. The maximum Gasteiger partial charge on any atom is 0.172 e. The van der Waals surface area contributed by atoms with E-state index >= 15 is 0 Å². The Morgan fingerprint density at radius 1 is 1.11 bits per heavy atom. The molecule has 1 aromatic carbocycles. The summed E-state index contributed by atoms with van der Waals surface area (Å²) in [6.45, 7) is 10.3. The summed E-state index contributed by atoms with van der Waals surface area (Å²) < 4.78 is 0. The van der Waals surface area contributed by atoms with E-state index < -0.39 is 0 Å². The third kappa shape index (κ3) is 6.68. The number of benzene rings is 1. The van der Waals surface area contributed by atoms with Crippen molar-refractivity contribution in [2.75, 3.05) is 5.32 Å². The largest absolute Gasteiger partial charge is 0.337 e. The summed E-state index contributed by atoms with van der Waals surface area (Å²) in [6, 6.07) is 8.10. The van der Waals surface area contributed by atoms with E-state index in [1.54, 1.807) is 6.20 Å². The van der Waals surface area contributed by atoms with Crippen molar-refractivity contribution in [1.29, 1.82) is 0 Å². The molecule has 0 fully saturated rings. The molecule has 1 aromatic heterocycles. The number of aromatic nitrogens is 3. The van der Waals surface area contributed by atoms with Crippen molar-refractivity contribution in [2.45, 2.75) is 41.0 Å². The lowest BCUT2D eigenvalue weighted by Crippen LogP contribution is -1.89. The topological polar surface area (TPSA) is 53.6 Å². The summed E-state index contributed by atoms with van der Waals surface area (Å²) >= 11 is 0. The number of H-pyrrole nitrogens is 1. The molecule has 2 N–H and O–H groups in total. The molecule has 2 aromatic rings. The predicted molar refractivity (Wildman–Crippen MR) is 78.2 cm³/mol. The molecule has 0 amide bonds.